The van der Waals surface area contributed by atoms with Crippen LogP contribution in [0.25, 0.3) is 10.9 Å². The van der Waals surface area contributed by atoms with Crippen molar-refractivity contribution in [1.29, 1.82) is 0 Å². The van der Waals surface area contributed by atoms with Gasteiger partial charge in [-0.1, -0.05) is 18.2 Å². The van der Waals surface area contributed by atoms with Gasteiger partial charge in [-0.3, -0.25) is 0 Å². The largest absolute Gasteiger partial charge is 0.361 e. The highest BCUT2D eigenvalue weighted by molar-refractivity contribution is 6.33. The Labute approximate surface area is 92.6 Å². The minimum Gasteiger partial charge on any atom is -0.361 e. The molecule has 0 radical (unpaired) electrons. The summed E-state index contributed by atoms with van der Waals surface area (Å²) in [5, 5.41) is 1.24. The van der Waals surface area contributed by atoms with Crippen LogP contribution in [0.1, 0.15) is 5.56 Å². The highest BCUT2D eigenvalue weighted by atomic mass is 35.5. The summed E-state index contributed by atoms with van der Waals surface area (Å²) in [4.78, 5) is 3.21. The fraction of sp³-hybridized carbons (Fsp3) is 0.200. The van der Waals surface area contributed by atoms with E-state index in [1.807, 2.05) is 18.3 Å². The standard InChI is InChI=1S/C10H10Cl2N2/c11-14(12)6-5-8-7-13-10-4-2-1-3-9(8)10/h1-4,7,13H,5-6H2. The molecule has 0 saturated carbocycles. The smallest absolute Gasteiger partial charge is 0.0456 e. The number of hydrogen-bond donors (Lipinski definition) is 1. The molecule has 14 heavy (non-hydrogen) atoms. The SMILES string of the molecule is ClN(Cl)CCc1c[nH]c2ccccc12. The second-order valence-electron chi connectivity index (χ2n) is 3.14. The number of fused-ring (bicyclic) bond motifs is 1. The second kappa shape index (κ2) is 4.22. The van der Waals surface area contributed by atoms with Crippen LogP contribution in [0.4, 0.5) is 0 Å². The minimum absolute atomic E-state index is 0.630. The Hall–Kier alpha value is -0.700. The third kappa shape index (κ3) is 2.03. The molecule has 0 fully saturated rings. The van der Waals surface area contributed by atoms with Crippen LogP contribution in [-0.2, 0) is 6.42 Å². The molecule has 0 saturated heterocycles. The van der Waals surface area contributed by atoms with Gasteiger partial charge in [-0.05, 0) is 41.6 Å². The van der Waals surface area contributed by atoms with E-state index in [1.54, 1.807) is 0 Å². The average molecular weight is 229 g/mol. The van der Waals surface area contributed by atoms with Crippen LogP contribution in [-0.4, -0.2) is 15.5 Å². The molecule has 0 unspecified atom stereocenters. The van der Waals surface area contributed by atoms with Gasteiger partial charge in [0, 0.05) is 23.6 Å². The zero-order valence-corrected chi connectivity index (χ0v) is 9.02. The number of nitrogens with one attached hydrogen (secondary N) is 1. The highest BCUT2D eigenvalue weighted by Crippen LogP contribution is 2.18. The van der Waals surface area contributed by atoms with Gasteiger partial charge in [0.1, 0.15) is 0 Å². The summed E-state index contributed by atoms with van der Waals surface area (Å²) in [7, 11) is 0. The van der Waals surface area contributed by atoms with Crippen LogP contribution in [0.3, 0.4) is 0 Å². The molecule has 0 aliphatic heterocycles. The molecule has 2 nitrogen and oxygen atoms in total. The van der Waals surface area contributed by atoms with E-state index in [-0.39, 0.29) is 0 Å². The molecular weight excluding hydrogens is 219 g/mol. The number of nitrogens with zero attached hydrogens (tertiary/aromatic N) is 1. The van der Waals surface area contributed by atoms with E-state index in [0.29, 0.717) is 6.54 Å². The van der Waals surface area contributed by atoms with Gasteiger partial charge in [-0.2, -0.15) is 0 Å². The lowest BCUT2D eigenvalue weighted by Crippen LogP contribution is -2.02. The lowest BCUT2D eigenvalue weighted by atomic mass is 10.1. The summed E-state index contributed by atoms with van der Waals surface area (Å²) >= 11 is 11.1. The molecule has 0 bridgehead atoms. The van der Waals surface area contributed by atoms with Crippen LogP contribution < -0.4 is 0 Å². The summed E-state index contributed by atoms with van der Waals surface area (Å²) in [6.07, 6.45) is 2.85. The Morgan fingerprint density at radius 1 is 1.21 bits per heavy atom. The molecule has 0 spiro atoms. The summed E-state index contributed by atoms with van der Waals surface area (Å²) in [5.41, 5.74) is 2.39. The molecule has 1 aromatic carbocycles. The topological polar surface area (TPSA) is 19.0 Å². The number of H-pyrrole nitrogens is 1. The fourth-order valence-electron chi connectivity index (χ4n) is 1.54. The van der Waals surface area contributed by atoms with Gasteiger partial charge in [0.15, 0.2) is 0 Å². The molecule has 0 atom stereocenters. The van der Waals surface area contributed by atoms with Crippen molar-refractivity contribution in [2.75, 3.05) is 6.54 Å². The van der Waals surface area contributed by atoms with E-state index in [1.165, 1.54) is 10.9 Å². The van der Waals surface area contributed by atoms with Crippen molar-refractivity contribution in [3.63, 3.8) is 0 Å². The van der Waals surface area contributed by atoms with Gasteiger partial charge >= 0.3 is 0 Å². The Morgan fingerprint density at radius 2 is 2.00 bits per heavy atom. The number of para-hydroxylation sites is 1. The van der Waals surface area contributed by atoms with Gasteiger partial charge in [-0.25, -0.2) is 0 Å². The molecule has 0 aliphatic carbocycles. The molecular formula is C10H10Cl2N2. The summed E-state index contributed by atoms with van der Waals surface area (Å²) < 4.78 is 1.15. The molecule has 74 valence electrons. The van der Waals surface area contributed by atoms with Crippen molar-refractivity contribution in [1.82, 2.24) is 8.92 Å². The summed E-state index contributed by atoms with van der Waals surface area (Å²) in [5.74, 6) is 0. The maximum Gasteiger partial charge on any atom is 0.0456 e. The first-order chi connectivity index (χ1) is 6.77. The molecule has 2 aromatic rings. The lowest BCUT2D eigenvalue weighted by Gasteiger charge is -2.02. The van der Waals surface area contributed by atoms with E-state index >= 15 is 0 Å². The fourth-order valence-corrected chi connectivity index (χ4v) is 1.71. The van der Waals surface area contributed by atoms with Gasteiger partial charge < -0.3 is 4.98 Å². The van der Waals surface area contributed by atoms with Gasteiger partial charge in [0.25, 0.3) is 0 Å². The zero-order chi connectivity index (χ0) is 9.97. The van der Waals surface area contributed by atoms with Crippen molar-refractivity contribution in [3.05, 3.63) is 36.0 Å². The maximum atomic E-state index is 5.53. The monoisotopic (exact) mass is 228 g/mol. The Morgan fingerprint density at radius 3 is 2.79 bits per heavy atom. The molecule has 2 rings (SSSR count). The van der Waals surface area contributed by atoms with E-state index in [9.17, 15) is 0 Å². The average Bonchev–Trinajstić information content (AvgIpc) is 2.58. The molecule has 4 heteroatoms. The molecule has 1 N–H and O–H groups in total. The Kier molecular flexibility index (Phi) is 2.96. The molecule has 0 aliphatic rings. The van der Waals surface area contributed by atoms with Gasteiger partial charge in [0.2, 0.25) is 0 Å². The maximum absolute atomic E-state index is 5.53. The van der Waals surface area contributed by atoms with Crippen LogP contribution in [0, 0.1) is 0 Å². The second-order valence-corrected chi connectivity index (χ2v) is 4.13. The van der Waals surface area contributed by atoms with Crippen LogP contribution in [0.2, 0.25) is 0 Å². The molecule has 1 heterocycles. The summed E-state index contributed by atoms with van der Waals surface area (Å²) in [6, 6.07) is 8.18. The first kappa shape index (κ1) is 9.84. The van der Waals surface area contributed by atoms with Crippen LogP contribution >= 0.6 is 23.6 Å². The number of aromatic amines is 1. The molecule has 1 aromatic heterocycles. The number of rotatable bonds is 3. The molecule has 0 amide bonds. The normalized spacial score (nSPS) is 11.4. The number of benzene rings is 1. The van der Waals surface area contributed by atoms with Crippen LogP contribution in [0.15, 0.2) is 30.5 Å². The van der Waals surface area contributed by atoms with E-state index < -0.39 is 0 Å². The van der Waals surface area contributed by atoms with Gasteiger partial charge in [-0.15, -0.1) is 3.94 Å². The Balaban J connectivity index is 2.25. The Bertz CT molecular complexity index is 423. The van der Waals surface area contributed by atoms with Crippen molar-refractivity contribution >= 4 is 34.5 Å². The van der Waals surface area contributed by atoms with E-state index in [0.717, 1.165) is 15.9 Å². The predicted molar refractivity (Wildman–Crippen MR) is 60.4 cm³/mol. The van der Waals surface area contributed by atoms with Crippen molar-refractivity contribution in [2.45, 2.75) is 6.42 Å². The van der Waals surface area contributed by atoms with Crippen LogP contribution in [0.5, 0.6) is 0 Å². The van der Waals surface area contributed by atoms with Crippen molar-refractivity contribution < 1.29 is 0 Å². The first-order valence-corrected chi connectivity index (χ1v) is 5.09. The number of hydrogen-bond acceptors (Lipinski definition) is 1. The third-order valence-corrected chi connectivity index (χ3v) is 2.56. The summed E-state index contributed by atoms with van der Waals surface area (Å²) in [6.45, 7) is 0.630. The lowest BCUT2D eigenvalue weighted by molar-refractivity contribution is 0.696. The third-order valence-electron chi connectivity index (χ3n) is 2.23. The zero-order valence-electron chi connectivity index (χ0n) is 7.50. The number of aromatic nitrogens is 1. The highest BCUT2D eigenvalue weighted by Gasteiger charge is 2.03. The minimum atomic E-state index is 0.630. The van der Waals surface area contributed by atoms with Crippen molar-refractivity contribution in [2.24, 2.45) is 0 Å². The predicted octanol–water partition coefficient (Wildman–Crippen LogP) is 3.32. The first-order valence-electron chi connectivity index (χ1n) is 4.41. The quantitative estimate of drug-likeness (QED) is 0.800. The van der Waals surface area contributed by atoms with Gasteiger partial charge in [0.05, 0.1) is 0 Å². The van der Waals surface area contributed by atoms with E-state index in [4.69, 9.17) is 23.6 Å². The number of halogens is 2. The van der Waals surface area contributed by atoms with E-state index in [2.05, 4.69) is 17.1 Å². The van der Waals surface area contributed by atoms with Crippen molar-refractivity contribution in [3.8, 4) is 0 Å².